The second-order valence-corrected chi connectivity index (χ2v) is 10.3. The molecule has 0 aliphatic heterocycles. The average molecular weight is 549 g/mol. The number of ether oxygens (including phenoxy) is 1. The van der Waals surface area contributed by atoms with Crippen LogP contribution in [0.2, 0.25) is 0 Å². The van der Waals surface area contributed by atoms with Crippen molar-refractivity contribution in [3.63, 3.8) is 0 Å². The van der Waals surface area contributed by atoms with Gasteiger partial charge in [0.2, 0.25) is 11.7 Å². The predicted molar refractivity (Wildman–Crippen MR) is 142 cm³/mol. The van der Waals surface area contributed by atoms with Crippen molar-refractivity contribution in [3.8, 4) is 16.9 Å². The van der Waals surface area contributed by atoms with Crippen LogP contribution in [0.3, 0.4) is 0 Å². The summed E-state index contributed by atoms with van der Waals surface area (Å²) in [5.41, 5.74) is 4.82. The molecule has 0 radical (unpaired) electrons. The number of hydrogen-bond donors (Lipinski definition) is 6. The van der Waals surface area contributed by atoms with Gasteiger partial charge in [-0.2, -0.15) is 0 Å². The summed E-state index contributed by atoms with van der Waals surface area (Å²) in [4.78, 5) is 50.4. The lowest BCUT2D eigenvalue weighted by Crippen LogP contribution is -2.66. The molecule has 0 bridgehead atoms. The summed E-state index contributed by atoms with van der Waals surface area (Å²) in [6.07, 6.45) is -0.589. The molecule has 2 fully saturated rings. The fourth-order valence-corrected chi connectivity index (χ4v) is 6.22. The first-order chi connectivity index (χ1) is 19.0. The van der Waals surface area contributed by atoms with Crippen LogP contribution in [0.15, 0.2) is 54.6 Å². The number of phenols is 1. The number of primary amides is 1. The monoisotopic (exact) mass is 548 g/mol. The van der Waals surface area contributed by atoms with Crippen LogP contribution in [0.4, 0.5) is 10.5 Å². The summed E-state index contributed by atoms with van der Waals surface area (Å²) in [6.45, 7) is 3.54. The Morgan fingerprint density at radius 2 is 1.82 bits per heavy atom. The molecule has 2 aromatic rings. The van der Waals surface area contributed by atoms with Gasteiger partial charge in [0.25, 0.3) is 0 Å². The molecule has 5 atom stereocenters. The lowest BCUT2D eigenvalue weighted by Gasteiger charge is -2.48. The number of carbonyl (C=O) groups excluding carboxylic acids is 4. The fraction of sp³-hybridized carbons (Fsp3) is 0.310. The summed E-state index contributed by atoms with van der Waals surface area (Å²) >= 11 is 0. The lowest BCUT2D eigenvalue weighted by molar-refractivity contribution is -0.174. The maximum atomic E-state index is 13.6. The zero-order valence-electron chi connectivity index (χ0n) is 21.3. The Kier molecular flexibility index (Phi) is 6.72. The Morgan fingerprint density at radius 1 is 1.12 bits per heavy atom. The van der Waals surface area contributed by atoms with Crippen molar-refractivity contribution in [1.82, 2.24) is 0 Å². The van der Waals surface area contributed by atoms with Crippen molar-refractivity contribution in [2.75, 3.05) is 11.9 Å². The van der Waals surface area contributed by atoms with Gasteiger partial charge in [0.15, 0.2) is 11.4 Å². The minimum atomic E-state index is -2.63. The van der Waals surface area contributed by atoms with Gasteiger partial charge in [-0.3, -0.25) is 19.7 Å². The van der Waals surface area contributed by atoms with E-state index >= 15 is 0 Å². The highest BCUT2D eigenvalue weighted by Crippen LogP contribution is 2.52. The highest BCUT2D eigenvalue weighted by atomic mass is 16.5. The zero-order valence-corrected chi connectivity index (χ0v) is 21.3. The number of anilines is 1. The van der Waals surface area contributed by atoms with Crippen LogP contribution in [0.5, 0.6) is 5.75 Å². The number of aromatic hydroxyl groups is 1. The molecule has 0 aromatic heterocycles. The first-order valence-electron chi connectivity index (χ1n) is 12.7. The molecule has 0 spiro atoms. The van der Waals surface area contributed by atoms with Gasteiger partial charge < -0.3 is 30.9 Å². The first kappa shape index (κ1) is 27.1. The lowest BCUT2D eigenvalue weighted by atomic mass is 9.56. The highest BCUT2D eigenvalue weighted by Gasteiger charge is 2.63. The molecule has 0 heterocycles. The van der Waals surface area contributed by atoms with Crippen LogP contribution >= 0.6 is 0 Å². The van der Waals surface area contributed by atoms with Gasteiger partial charge in [-0.1, -0.05) is 30.9 Å². The Morgan fingerprint density at radius 3 is 2.48 bits per heavy atom. The molecule has 2 saturated carbocycles. The molecule has 5 rings (SSSR count). The number of aliphatic hydroxyl groups is 3. The smallest absolute Gasteiger partial charge is 0.411 e. The number of amides is 2. The van der Waals surface area contributed by atoms with Crippen LogP contribution in [0.25, 0.3) is 16.9 Å². The zero-order chi connectivity index (χ0) is 28.9. The van der Waals surface area contributed by atoms with Crippen molar-refractivity contribution in [1.29, 1.82) is 0 Å². The molecule has 40 heavy (non-hydrogen) atoms. The molecule has 11 heteroatoms. The number of ketones is 2. The molecule has 3 aliphatic carbocycles. The molecule has 2 amide bonds. The van der Waals surface area contributed by atoms with E-state index in [4.69, 9.17) is 10.5 Å². The molecule has 3 aliphatic rings. The van der Waals surface area contributed by atoms with E-state index < -0.39 is 58.8 Å². The second kappa shape index (κ2) is 9.92. The fourth-order valence-electron chi connectivity index (χ4n) is 6.22. The molecule has 2 unspecified atom stereocenters. The van der Waals surface area contributed by atoms with Gasteiger partial charge >= 0.3 is 6.09 Å². The van der Waals surface area contributed by atoms with E-state index in [1.54, 1.807) is 30.3 Å². The minimum absolute atomic E-state index is 0.00380. The van der Waals surface area contributed by atoms with Crippen LogP contribution in [-0.2, 0) is 25.5 Å². The van der Waals surface area contributed by atoms with Gasteiger partial charge in [-0.25, -0.2) is 4.79 Å². The van der Waals surface area contributed by atoms with Crippen molar-refractivity contribution in [2.45, 2.75) is 31.0 Å². The van der Waals surface area contributed by atoms with Crippen LogP contribution in [0.1, 0.15) is 24.0 Å². The third-order valence-corrected chi connectivity index (χ3v) is 8.04. The Balaban J connectivity index is 1.53. The number of aliphatic hydroxyl groups excluding tert-OH is 2. The van der Waals surface area contributed by atoms with E-state index in [0.717, 1.165) is 0 Å². The van der Waals surface area contributed by atoms with Crippen LogP contribution < -0.4 is 11.1 Å². The largest absolute Gasteiger partial charge is 0.507 e. The third kappa shape index (κ3) is 4.14. The normalized spacial score (nSPS) is 27.2. The number of rotatable bonds is 5. The third-order valence-electron chi connectivity index (χ3n) is 8.04. The number of fused-ring (bicyclic) bond motifs is 3. The first-order valence-corrected chi connectivity index (χ1v) is 12.7. The topological polar surface area (TPSA) is 196 Å². The maximum absolute atomic E-state index is 13.6. The average Bonchev–Trinajstić information content (AvgIpc) is 2.90. The quantitative estimate of drug-likeness (QED) is 0.239. The molecule has 11 nitrogen and oxygen atoms in total. The van der Waals surface area contributed by atoms with E-state index in [1.165, 1.54) is 12.1 Å². The van der Waals surface area contributed by atoms with Crippen LogP contribution in [0, 0.1) is 17.8 Å². The number of phenolic OH excluding ortho intramolecular Hbond substituents is 1. The SMILES string of the molecule is C=CCOC(=O)Nc1ccc(-c2ccc(O)c3c2C[C@H]2C[C@H]4CC(O)C(C(N)=O)C(=O)[C@@]4(O)C(=O)C2=C3O)cc1. The number of nitrogens with two attached hydrogens (primary N) is 1. The van der Waals surface area contributed by atoms with E-state index in [0.29, 0.717) is 22.4 Å². The van der Waals surface area contributed by atoms with E-state index in [9.17, 15) is 39.6 Å². The van der Waals surface area contributed by atoms with Crippen LogP contribution in [-0.4, -0.2) is 62.3 Å². The Labute approximate surface area is 228 Å². The number of Topliss-reactive ketones (excluding diaryl/α,β-unsaturated/α-hetero) is 2. The van der Waals surface area contributed by atoms with E-state index in [2.05, 4.69) is 11.9 Å². The maximum Gasteiger partial charge on any atom is 0.411 e. The summed E-state index contributed by atoms with van der Waals surface area (Å²) in [5, 5.41) is 46.3. The van der Waals surface area contributed by atoms with E-state index in [-0.39, 0.29) is 42.8 Å². The molecule has 7 N–H and O–H groups in total. The van der Waals surface area contributed by atoms with Gasteiger partial charge in [0.1, 0.15) is 24.0 Å². The Bertz CT molecular complexity index is 1480. The minimum Gasteiger partial charge on any atom is -0.507 e. The molecule has 2 aromatic carbocycles. The summed E-state index contributed by atoms with van der Waals surface area (Å²) < 4.78 is 4.91. The number of hydrogen-bond acceptors (Lipinski definition) is 9. The Hall–Kier alpha value is -4.48. The van der Waals surface area contributed by atoms with Gasteiger partial charge in [0, 0.05) is 17.2 Å². The second-order valence-electron chi connectivity index (χ2n) is 10.3. The van der Waals surface area contributed by atoms with Crippen molar-refractivity contribution >= 4 is 35.0 Å². The molecule has 208 valence electrons. The summed E-state index contributed by atoms with van der Waals surface area (Å²) in [7, 11) is 0. The number of nitrogens with one attached hydrogen (secondary N) is 1. The van der Waals surface area contributed by atoms with Crippen molar-refractivity contribution in [3.05, 3.63) is 65.8 Å². The van der Waals surface area contributed by atoms with Gasteiger partial charge in [-0.05, 0) is 60.1 Å². The van der Waals surface area contributed by atoms with Gasteiger partial charge in [-0.15, -0.1) is 0 Å². The van der Waals surface area contributed by atoms with E-state index in [1.807, 2.05) is 0 Å². The number of benzene rings is 2. The van der Waals surface area contributed by atoms with Crippen molar-refractivity contribution < 1.29 is 44.3 Å². The molecule has 0 saturated heterocycles. The molecular formula is C29H28N2O9. The van der Waals surface area contributed by atoms with Crippen molar-refractivity contribution in [2.24, 2.45) is 23.5 Å². The summed E-state index contributed by atoms with van der Waals surface area (Å²) in [5.74, 6) is -7.61. The summed E-state index contributed by atoms with van der Waals surface area (Å²) in [6, 6.07) is 9.80. The van der Waals surface area contributed by atoms with Gasteiger partial charge in [0.05, 0.1) is 11.7 Å². The molecular weight excluding hydrogens is 520 g/mol. The predicted octanol–water partition coefficient (Wildman–Crippen LogP) is 1.99. The highest BCUT2D eigenvalue weighted by molar-refractivity contribution is 6.24. The number of carbonyl (C=O) groups is 4. The standard InChI is InChI=1S/C29H28N2O9/c1-2-9-40-28(38)31-16-5-3-13(4-6-16)17-7-8-19(32)22-18(17)11-14-10-15-12-20(33)23(27(30)37)26(36)29(15,39)25(35)21(14)24(22)34/h2-8,14-15,20,23,32-34,39H,1,9-12H2,(H2,30,37)(H,31,38)/t14-,15+,20?,23?,29+/m1/s1.